The summed E-state index contributed by atoms with van der Waals surface area (Å²) in [6.45, 7) is 7.93. The molecule has 2 fully saturated rings. The zero-order chi connectivity index (χ0) is 19.2. The van der Waals surface area contributed by atoms with Crippen molar-refractivity contribution in [3.63, 3.8) is 0 Å². The van der Waals surface area contributed by atoms with Gasteiger partial charge in [-0.05, 0) is 30.8 Å². The van der Waals surface area contributed by atoms with Crippen molar-refractivity contribution in [1.82, 2.24) is 14.7 Å². The molecule has 2 aliphatic heterocycles. The minimum absolute atomic E-state index is 0.0406. The van der Waals surface area contributed by atoms with Gasteiger partial charge in [-0.15, -0.1) is 0 Å². The van der Waals surface area contributed by atoms with E-state index in [-0.39, 0.29) is 17.7 Å². The summed E-state index contributed by atoms with van der Waals surface area (Å²) in [5.41, 5.74) is 0. The summed E-state index contributed by atoms with van der Waals surface area (Å²) in [7, 11) is 1.62. The summed E-state index contributed by atoms with van der Waals surface area (Å²) in [5.74, 6) is 1.46. The van der Waals surface area contributed by atoms with Crippen LogP contribution < -0.4 is 9.47 Å². The van der Waals surface area contributed by atoms with E-state index in [9.17, 15) is 9.59 Å². The van der Waals surface area contributed by atoms with Gasteiger partial charge in [-0.2, -0.15) is 0 Å². The molecule has 0 aliphatic carbocycles. The smallest absolute Gasteiger partial charge is 0.228 e. The van der Waals surface area contributed by atoms with Crippen molar-refractivity contribution in [2.45, 2.75) is 13.3 Å². The van der Waals surface area contributed by atoms with E-state index < -0.39 is 0 Å². The molecule has 148 valence electrons. The van der Waals surface area contributed by atoms with Crippen LogP contribution in [0.5, 0.6) is 11.5 Å². The number of hydrogen-bond donors (Lipinski definition) is 0. The number of rotatable bonds is 7. The molecule has 7 heteroatoms. The van der Waals surface area contributed by atoms with Gasteiger partial charge in [0.15, 0.2) is 0 Å². The maximum atomic E-state index is 12.7. The van der Waals surface area contributed by atoms with Crippen molar-refractivity contribution in [2.24, 2.45) is 5.92 Å². The van der Waals surface area contributed by atoms with Crippen LogP contribution in [0.4, 0.5) is 0 Å². The Hall–Kier alpha value is -2.28. The van der Waals surface area contributed by atoms with Gasteiger partial charge in [0.1, 0.15) is 18.1 Å². The van der Waals surface area contributed by atoms with Gasteiger partial charge in [-0.3, -0.25) is 9.59 Å². The van der Waals surface area contributed by atoms with Gasteiger partial charge < -0.3 is 24.2 Å². The molecule has 27 heavy (non-hydrogen) atoms. The highest BCUT2D eigenvalue weighted by Crippen LogP contribution is 2.21. The molecule has 0 N–H and O–H groups in total. The van der Waals surface area contributed by atoms with Crippen LogP contribution in [0, 0.1) is 5.92 Å². The van der Waals surface area contributed by atoms with Crippen molar-refractivity contribution in [1.29, 1.82) is 0 Å². The molecule has 0 aromatic heterocycles. The third kappa shape index (κ3) is 4.91. The summed E-state index contributed by atoms with van der Waals surface area (Å²) in [6.07, 6.45) is 0.315. The van der Waals surface area contributed by atoms with Crippen molar-refractivity contribution in [2.75, 3.05) is 59.5 Å². The Morgan fingerprint density at radius 2 is 1.78 bits per heavy atom. The van der Waals surface area contributed by atoms with Gasteiger partial charge in [0.2, 0.25) is 11.8 Å². The molecule has 2 amide bonds. The Bertz CT molecular complexity index is 641. The number of benzene rings is 1. The van der Waals surface area contributed by atoms with Crippen LogP contribution in [0.3, 0.4) is 0 Å². The molecule has 1 atom stereocenters. The highest BCUT2D eigenvalue weighted by Gasteiger charge is 2.37. The van der Waals surface area contributed by atoms with E-state index in [0.717, 1.165) is 44.2 Å². The lowest BCUT2D eigenvalue weighted by atomic mass is 10.1. The van der Waals surface area contributed by atoms with E-state index in [4.69, 9.17) is 9.47 Å². The Balaban J connectivity index is 1.43. The molecule has 2 aliphatic rings. The zero-order valence-electron chi connectivity index (χ0n) is 16.2. The second-order valence-electron chi connectivity index (χ2n) is 7.02. The maximum absolute atomic E-state index is 12.7. The minimum atomic E-state index is -0.216. The first-order valence-corrected chi connectivity index (χ1v) is 9.66. The molecular weight excluding hydrogens is 346 g/mol. The number of likely N-dealkylation sites (N-methyl/N-ethyl adjacent to an activating group) is 1. The van der Waals surface area contributed by atoms with Crippen LogP contribution in [0.2, 0.25) is 0 Å². The molecule has 0 saturated carbocycles. The number of nitrogens with zero attached hydrogens (tertiary/aromatic N) is 3. The van der Waals surface area contributed by atoms with Gasteiger partial charge in [0.05, 0.1) is 19.6 Å². The monoisotopic (exact) mass is 375 g/mol. The normalized spacial score (nSPS) is 20.8. The van der Waals surface area contributed by atoms with Crippen LogP contribution in [0.15, 0.2) is 24.3 Å². The molecule has 3 rings (SSSR count). The van der Waals surface area contributed by atoms with Gasteiger partial charge in [0.25, 0.3) is 0 Å². The lowest BCUT2D eigenvalue weighted by Crippen LogP contribution is -2.50. The SMILES string of the molecule is CCN1CCN(C(=O)C2CC(=O)N(CCOc3ccc(OC)cc3)C2)CC1. The Kier molecular flexibility index (Phi) is 6.55. The van der Waals surface area contributed by atoms with Crippen molar-refractivity contribution in [3.8, 4) is 11.5 Å². The fourth-order valence-electron chi connectivity index (χ4n) is 3.64. The van der Waals surface area contributed by atoms with E-state index in [1.807, 2.05) is 29.2 Å². The largest absolute Gasteiger partial charge is 0.497 e. The molecule has 0 spiro atoms. The van der Waals surface area contributed by atoms with Gasteiger partial charge in [-0.25, -0.2) is 0 Å². The molecule has 2 saturated heterocycles. The number of carbonyl (C=O) groups excluding carboxylic acids is 2. The van der Waals surface area contributed by atoms with Crippen molar-refractivity contribution in [3.05, 3.63) is 24.3 Å². The minimum Gasteiger partial charge on any atom is -0.497 e. The summed E-state index contributed by atoms with van der Waals surface area (Å²) in [6, 6.07) is 7.35. The summed E-state index contributed by atoms with van der Waals surface area (Å²) in [5, 5.41) is 0. The zero-order valence-corrected chi connectivity index (χ0v) is 16.2. The second-order valence-corrected chi connectivity index (χ2v) is 7.02. The predicted octanol–water partition coefficient (Wildman–Crippen LogP) is 1.09. The maximum Gasteiger partial charge on any atom is 0.228 e. The second kappa shape index (κ2) is 9.08. The summed E-state index contributed by atoms with van der Waals surface area (Å²) in [4.78, 5) is 31.0. The quantitative estimate of drug-likeness (QED) is 0.714. The van der Waals surface area contributed by atoms with Crippen LogP contribution in [-0.2, 0) is 9.59 Å². The number of piperazine rings is 1. The molecule has 2 heterocycles. The van der Waals surface area contributed by atoms with Gasteiger partial charge in [0, 0.05) is 39.1 Å². The van der Waals surface area contributed by atoms with E-state index >= 15 is 0 Å². The van der Waals surface area contributed by atoms with Crippen molar-refractivity contribution < 1.29 is 19.1 Å². The highest BCUT2D eigenvalue weighted by molar-refractivity contribution is 5.89. The van der Waals surface area contributed by atoms with Crippen LogP contribution >= 0.6 is 0 Å². The Morgan fingerprint density at radius 3 is 2.41 bits per heavy atom. The topological polar surface area (TPSA) is 62.3 Å². The first kappa shape index (κ1) is 19.5. The molecule has 1 aromatic carbocycles. The highest BCUT2D eigenvalue weighted by atomic mass is 16.5. The number of methoxy groups -OCH3 is 1. The number of carbonyl (C=O) groups is 2. The molecular formula is C20H29N3O4. The molecule has 1 aromatic rings. The molecule has 1 unspecified atom stereocenters. The van der Waals surface area contributed by atoms with E-state index in [1.165, 1.54) is 0 Å². The average Bonchev–Trinajstić information content (AvgIpc) is 3.08. The first-order chi connectivity index (χ1) is 13.1. The fourth-order valence-corrected chi connectivity index (χ4v) is 3.64. The first-order valence-electron chi connectivity index (χ1n) is 9.66. The third-order valence-corrected chi connectivity index (χ3v) is 5.38. The standard InChI is InChI=1S/C20H29N3O4/c1-3-21-8-10-22(11-9-21)20(25)16-14-19(24)23(15-16)12-13-27-18-6-4-17(26-2)5-7-18/h4-7,16H,3,8-15H2,1-2H3. The fraction of sp³-hybridized carbons (Fsp3) is 0.600. The lowest BCUT2D eigenvalue weighted by Gasteiger charge is -2.35. The van der Waals surface area contributed by atoms with Crippen molar-refractivity contribution >= 4 is 11.8 Å². The Labute approximate surface area is 160 Å². The number of likely N-dealkylation sites (tertiary alicyclic amines) is 1. The Morgan fingerprint density at radius 1 is 1.11 bits per heavy atom. The number of ether oxygens (including phenoxy) is 2. The van der Waals surface area contributed by atoms with Gasteiger partial charge >= 0.3 is 0 Å². The summed E-state index contributed by atoms with van der Waals surface area (Å²) >= 11 is 0. The summed E-state index contributed by atoms with van der Waals surface area (Å²) < 4.78 is 10.8. The lowest BCUT2D eigenvalue weighted by molar-refractivity contribution is -0.137. The van der Waals surface area contributed by atoms with Gasteiger partial charge in [-0.1, -0.05) is 6.92 Å². The third-order valence-electron chi connectivity index (χ3n) is 5.38. The number of hydrogen-bond acceptors (Lipinski definition) is 5. The molecule has 0 bridgehead atoms. The predicted molar refractivity (Wildman–Crippen MR) is 102 cm³/mol. The molecule has 0 radical (unpaired) electrons. The van der Waals surface area contributed by atoms with Crippen LogP contribution in [0.25, 0.3) is 0 Å². The van der Waals surface area contributed by atoms with Crippen LogP contribution in [0.1, 0.15) is 13.3 Å². The van der Waals surface area contributed by atoms with Crippen LogP contribution in [-0.4, -0.2) is 86.0 Å². The number of amides is 2. The average molecular weight is 375 g/mol. The molecule has 7 nitrogen and oxygen atoms in total. The van der Waals surface area contributed by atoms with E-state index in [0.29, 0.717) is 26.1 Å². The van der Waals surface area contributed by atoms with E-state index in [1.54, 1.807) is 12.0 Å². The van der Waals surface area contributed by atoms with E-state index in [2.05, 4.69) is 11.8 Å².